The number of amides is 2. The highest BCUT2D eigenvalue weighted by atomic mass is 35.5. The molecule has 0 unspecified atom stereocenters. The normalized spacial score (nSPS) is 10.1. The SMILES string of the molecule is O=C(COc1ccc(Cl)cc1)NNC(=S)NC(=O)c1ccccc1OCCc1ccccc1. The van der Waals surface area contributed by atoms with Crippen LogP contribution in [0.4, 0.5) is 0 Å². The van der Waals surface area contributed by atoms with Gasteiger partial charge >= 0.3 is 0 Å². The molecular formula is C24H22ClN3O4S. The molecule has 0 aliphatic carbocycles. The fourth-order valence-electron chi connectivity index (χ4n) is 2.75. The minimum absolute atomic E-state index is 0.0704. The van der Waals surface area contributed by atoms with Gasteiger partial charge in [0.05, 0.1) is 12.2 Å². The Morgan fingerprint density at radius 3 is 2.30 bits per heavy atom. The molecule has 3 aromatic carbocycles. The Morgan fingerprint density at radius 1 is 0.848 bits per heavy atom. The molecule has 0 aromatic heterocycles. The number of ether oxygens (including phenoxy) is 2. The second kappa shape index (κ2) is 12.4. The molecule has 3 aromatic rings. The number of carbonyl (C=O) groups excluding carboxylic acids is 2. The van der Waals surface area contributed by atoms with Gasteiger partial charge in [-0.3, -0.25) is 25.8 Å². The summed E-state index contributed by atoms with van der Waals surface area (Å²) in [6.45, 7) is 0.171. The van der Waals surface area contributed by atoms with E-state index in [0.717, 1.165) is 5.56 Å². The number of thiocarbonyl (C=S) groups is 1. The smallest absolute Gasteiger partial charge is 0.276 e. The summed E-state index contributed by atoms with van der Waals surface area (Å²) in [5, 5.41) is 3.01. The summed E-state index contributed by atoms with van der Waals surface area (Å²) in [4.78, 5) is 24.5. The Hall–Kier alpha value is -3.62. The summed E-state index contributed by atoms with van der Waals surface area (Å²) >= 11 is 10.9. The van der Waals surface area contributed by atoms with E-state index in [-0.39, 0.29) is 11.7 Å². The zero-order valence-corrected chi connectivity index (χ0v) is 19.1. The number of rotatable bonds is 8. The maximum Gasteiger partial charge on any atom is 0.276 e. The van der Waals surface area contributed by atoms with Gasteiger partial charge in [0, 0.05) is 11.4 Å². The van der Waals surface area contributed by atoms with Crippen molar-refractivity contribution in [3.05, 3.63) is 95.0 Å². The lowest BCUT2D eigenvalue weighted by atomic mass is 10.1. The van der Waals surface area contributed by atoms with Crippen LogP contribution in [0.15, 0.2) is 78.9 Å². The Kier molecular flexibility index (Phi) is 9.05. The van der Waals surface area contributed by atoms with Crippen molar-refractivity contribution in [2.45, 2.75) is 6.42 Å². The van der Waals surface area contributed by atoms with Crippen molar-refractivity contribution in [1.82, 2.24) is 16.2 Å². The average molecular weight is 484 g/mol. The van der Waals surface area contributed by atoms with Crippen LogP contribution in [0.3, 0.4) is 0 Å². The van der Waals surface area contributed by atoms with Crippen LogP contribution >= 0.6 is 23.8 Å². The summed E-state index contributed by atoms with van der Waals surface area (Å²) < 4.78 is 11.1. The highest BCUT2D eigenvalue weighted by Gasteiger charge is 2.14. The van der Waals surface area contributed by atoms with Gasteiger partial charge in [0.1, 0.15) is 11.5 Å². The summed E-state index contributed by atoms with van der Waals surface area (Å²) in [7, 11) is 0. The molecule has 0 aliphatic heterocycles. The van der Waals surface area contributed by atoms with Crippen molar-refractivity contribution < 1.29 is 19.1 Å². The Balaban J connectivity index is 1.43. The Bertz CT molecular complexity index is 1090. The van der Waals surface area contributed by atoms with E-state index in [1.807, 2.05) is 30.3 Å². The third kappa shape index (κ3) is 8.10. The molecule has 0 bridgehead atoms. The molecule has 33 heavy (non-hydrogen) atoms. The Labute approximate surface area is 202 Å². The number of hydrogen-bond acceptors (Lipinski definition) is 5. The molecule has 0 saturated heterocycles. The van der Waals surface area contributed by atoms with E-state index >= 15 is 0 Å². The first kappa shape index (κ1) is 24.0. The first-order valence-corrected chi connectivity index (χ1v) is 10.8. The van der Waals surface area contributed by atoms with Crippen LogP contribution in [0.1, 0.15) is 15.9 Å². The zero-order chi connectivity index (χ0) is 23.5. The van der Waals surface area contributed by atoms with Gasteiger partial charge in [-0.2, -0.15) is 0 Å². The van der Waals surface area contributed by atoms with Gasteiger partial charge < -0.3 is 9.47 Å². The number of nitrogens with one attached hydrogen (secondary N) is 3. The molecule has 2 amide bonds. The van der Waals surface area contributed by atoms with Gasteiger partial charge in [-0.15, -0.1) is 0 Å². The zero-order valence-electron chi connectivity index (χ0n) is 17.5. The molecule has 9 heteroatoms. The summed E-state index contributed by atoms with van der Waals surface area (Å²) in [6, 6.07) is 23.4. The fraction of sp³-hybridized carbons (Fsp3) is 0.125. The lowest BCUT2D eigenvalue weighted by Crippen LogP contribution is -2.49. The molecule has 0 heterocycles. The van der Waals surface area contributed by atoms with Gasteiger partial charge in [0.15, 0.2) is 11.7 Å². The second-order valence-corrected chi connectivity index (χ2v) is 7.62. The molecule has 170 valence electrons. The number of carbonyl (C=O) groups is 2. The number of hydrazine groups is 1. The largest absolute Gasteiger partial charge is 0.492 e. The lowest BCUT2D eigenvalue weighted by molar-refractivity contribution is -0.123. The minimum atomic E-state index is -0.480. The number of benzene rings is 3. The fourth-order valence-corrected chi connectivity index (χ4v) is 3.02. The summed E-state index contributed by atoms with van der Waals surface area (Å²) in [5.74, 6) is -0.0101. The van der Waals surface area contributed by atoms with Gasteiger partial charge in [0.2, 0.25) is 0 Å². The molecule has 0 saturated carbocycles. The van der Waals surface area contributed by atoms with E-state index in [4.69, 9.17) is 33.3 Å². The predicted octanol–water partition coefficient (Wildman–Crippen LogP) is 3.68. The average Bonchev–Trinajstić information content (AvgIpc) is 2.83. The van der Waals surface area contributed by atoms with Crippen molar-refractivity contribution in [1.29, 1.82) is 0 Å². The molecule has 0 radical (unpaired) electrons. The maximum atomic E-state index is 12.6. The van der Waals surface area contributed by atoms with Gasteiger partial charge in [-0.1, -0.05) is 54.1 Å². The van der Waals surface area contributed by atoms with E-state index in [1.165, 1.54) is 0 Å². The van der Waals surface area contributed by atoms with Gasteiger partial charge in [-0.05, 0) is 54.2 Å². The van der Waals surface area contributed by atoms with Crippen molar-refractivity contribution >= 4 is 40.7 Å². The molecule has 3 N–H and O–H groups in total. The van der Waals surface area contributed by atoms with E-state index in [2.05, 4.69) is 16.2 Å². The van der Waals surface area contributed by atoms with Crippen molar-refractivity contribution in [3.63, 3.8) is 0 Å². The standard InChI is InChI=1S/C24H22ClN3O4S/c25-18-10-12-19(13-11-18)32-16-22(29)27-28-24(33)26-23(30)20-8-4-5-9-21(20)31-15-14-17-6-2-1-3-7-17/h1-13H,14-16H2,(H,27,29)(H2,26,28,30,33). The van der Waals surface area contributed by atoms with Crippen LogP contribution in [0, 0.1) is 0 Å². The molecule has 3 rings (SSSR count). The first-order valence-electron chi connectivity index (χ1n) is 10.1. The van der Waals surface area contributed by atoms with E-state index in [9.17, 15) is 9.59 Å². The van der Waals surface area contributed by atoms with Crippen molar-refractivity contribution in [3.8, 4) is 11.5 Å². The molecular weight excluding hydrogens is 462 g/mol. The van der Waals surface area contributed by atoms with Crippen LogP contribution in [0.5, 0.6) is 11.5 Å². The molecule has 0 spiro atoms. The van der Waals surface area contributed by atoms with E-state index in [0.29, 0.717) is 35.1 Å². The van der Waals surface area contributed by atoms with Crippen molar-refractivity contribution in [2.75, 3.05) is 13.2 Å². The summed E-state index contributed by atoms with van der Waals surface area (Å²) in [6.07, 6.45) is 0.709. The van der Waals surface area contributed by atoms with Crippen LogP contribution in [-0.4, -0.2) is 30.1 Å². The molecule has 0 aliphatic rings. The number of para-hydroxylation sites is 1. The van der Waals surface area contributed by atoms with Crippen LogP contribution in [-0.2, 0) is 11.2 Å². The topological polar surface area (TPSA) is 88.7 Å². The third-order valence-electron chi connectivity index (χ3n) is 4.35. The van der Waals surface area contributed by atoms with E-state index in [1.54, 1.807) is 48.5 Å². The molecule has 0 fully saturated rings. The first-order chi connectivity index (χ1) is 16.0. The molecule has 7 nitrogen and oxygen atoms in total. The van der Waals surface area contributed by atoms with Crippen LogP contribution < -0.4 is 25.6 Å². The number of hydrogen-bond donors (Lipinski definition) is 3. The van der Waals surface area contributed by atoms with E-state index < -0.39 is 11.8 Å². The van der Waals surface area contributed by atoms with Gasteiger partial charge in [-0.25, -0.2) is 0 Å². The summed E-state index contributed by atoms with van der Waals surface area (Å²) in [5.41, 5.74) is 6.30. The van der Waals surface area contributed by atoms with Crippen LogP contribution in [0.25, 0.3) is 0 Å². The second-order valence-electron chi connectivity index (χ2n) is 6.78. The molecule has 0 atom stereocenters. The Morgan fingerprint density at radius 2 is 1.55 bits per heavy atom. The lowest BCUT2D eigenvalue weighted by Gasteiger charge is -2.14. The minimum Gasteiger partial charge on any atom is -0.492 e. The monoisotopic (exact) mass is 483 g/mol. The van der Waals surface area contributed by atoms with Crippen LogP contribution in [0.2, 0.25) is 5.02 Å². The highest BCUT2D eigenvalue weighted by Crippen LogP contribution is 2.18. The highest BCUT2D eigenvalue weighted by molar-refractivity contribution is 7.80. The quantitative estimate of drug-likeness (QED) is 0.334. The third-order valence-corrected chi connectivity index (χ3v) is 4.80. The van der Waals surface area contributed by atoms with Gasteiger partial charge in [0.25, 0.3) is 11.8 Å². The van der Waals surface area contributed by atoms with Crippen molar-refractivity contribution in [2.24, 2.45) is 0 Å². The maximum absolute atomic E-state index is 12.6. The number of halogens is 1. The predicted molar refractivity (Wildman–Crippen MR) is 130 cm³/mol.